The third kappa shape index (κ3) is 4.68. The van der Waals surface area contributed by atoms with Crippen molar-refractivity contribution in [2.24, 2.45) is 5.92 Å². The molecule has 1 aromatic rings. The molecule has 1 heterocycles. The largest absolute Gasteiger partial charge is 0.466 e. The van der Waals surface area contributed by atoms with Crippen LogP contribution < -0.4 is 15.6 Å². The topological polar surface area (TPSA) is 96.5 Å². The smallest absolute Gasteiger partial charge is 0.313 e. The molecule has 25 heavy (non-hydrogen) atoms. The fourth-order valence-electron chi connectivity index (χ4n) is 2.67. The lowest BCUT2D eigenvalue weighted by atomic mass is 10.00. The Labute approximate surface area is 151 Å². The highest BCUT2D eigenvalue weighted by Crippen LogP contribution is 2.24. The molecule has 0 bridgehead atoms. The zero-order valence-corrected chi connectivity index (χ0v) is 15.5. The quantitative estimate of drug-likeness (QED) is 0.604. The second-order valence-corrected chi connectivity index (χ2v) is 7.90. The van der Waals surface area contributed by atoms with E-state index in [0.29, 0.717) is 12.0 Å². The summed E-state index contributed by atoms with van der Waals surface area (Å²) < 4.78 is 45.7. The Morgan fingerprint density at radius 3 is 2.68 bits per heavy atom. The molecule has 1 aliphatic rings. The molecule has 1 saturated heterocycles. The number of rotatable bonds is 7. The van der Waals surface area contributed by atoms with E-state index in [1.54, 1.807) is 6.92 Å². The van der Waals surface area contributed by atoms with Crippen LogP contribution in [-0.2, 0) is 26.1 Å². The van der Waals surface area contributed by atoms with Crippen LogP contribution in [0.5, 0.6) is 0 Å². The number of nitrogens with one attached hydrogen (secondary N) is 3. The predicted octanol–water partition coefficient (Wildman–Crippen LogP) is 1.29. The Balaban J connectivity index is 2.15. The van der Waals surface area contributed by atoms with E-state index in [9.17, 15) is 17.6 Å². The molecule has 3 unspecified atom stereocenters. The summed E-state index contributed by atoms with van der Waals surface area (Å²) in [5.74, 6) is -1.97. The van der Waals surface area contributed by atoms with Gasteiger partial charge in [0.2, 0.25) is 10.0 Å². The van der Waals surface area contributed by atoms with Gasteiger partial charge in [-0.15, -0.1) is 0 Å². The molecule has 7 nitrogen and oxygen atoms in total. The second-order valence-electron chi connectivity index (χ2n) is 5.60. The van der Waals surface area contributed by atoms with Gasteiger partial charge in [-0.25, -0.2) is 23.0 Å². The van der Waals surface area contributed by atoms with Crippen molar-refractivity contribution < 1.29 is 22.3 Å². The van der Waals surface area contributed by atoms with Crippen molar-refractivity contribution in [3.05, 3.63) is 34.6 Å². The van der Waals surface area contributed by atoms with E-state index in [0.717, 1.165) is 6.07 Å². The number of carbonyl (C=O) groups excluding carboxylic acids is 1. The summed E-state index contributed by atoms with van der Waals surface area (Å²) in [6.45, 7) is 3.54. The first-order chi connectivity index (χ1) is 11.8. The normalized spacial score (nSPS) is 23.6. The Morgan fingerprint density at radius 2 is 2.08 bits per heavy atom. The maximum absolute atomic E-state index is 13.1. The van der Waals surface area contributed by atoms with Crippen LogP contribution in [0.4, 0.5) is 4.39 Å². The first-order valence-corrected chi connectivity index (χ1v) is 9.82. The minimum Gasteiger partial charge on any atom is -0.466 e. The van der Waals surface area contributed by atoms with Crippen molar-refractivity contribution in [2.45, 2.75) is 38.2 Å². The number of esters is 1. The molecular formula is C15H21ClFN3O4S. The molecule has 0 amide bonds. The van der Waals surface area contributed by atoms with Gasteiger partial charge in [-0.2, -0.15) is 0 Å². The van der Waals surface area contributed by atoms with Gasteiger partial charge in [0.25, 0.3) is 0 Å². The average molecular weight is 394 g/mol. The van der Waals surface area contributed by atoms with Crippen LogP contribution in [0.1, 0.15) is 25.8 Å². The maximum atomic E-state index is 13.1. The van der Waals surface area contributed by atoms with Crippen molar-refractivity contribution in [2.75, 3.05) is 6.61 Å². The van der Waals surface area contributed by atoms with E-state index >= 15 is 0 Å². The Morgan fingerprint density at radius 1 is 1.36 bits per heavy atom. The van der Waals surface area contributed by atoms with Gasteiger partial charge < -0.3 is 4.74 Å². The van der Waals surface area contributed by atoms with Crippen LogP contribution in [0, 0.1) is 11.7 Å². The van der Waals surface area contributed by atoms with Crippen LogP contribution in [-0.4, -0.2) is 32.4 Å². The zero-order valence-electron chi connectivity index (χ0n) is 13.9. The van der Waals surface area contributed by atoms with Gasteiger partial charge in [0.1, 0.15) is 11.7 Å². The maximum Gasteiger partial charge on any atom is 0.313 e. The standard InChI is InChI=1S/C15H21ClFN3O4S/c1-3-12-13(15(21)24-4-2)14(20-19-12)25(22,23)18-8-9-5-6-10(17)7-11(9)16/h5-7,12-14,18-20H,3-4,8H2,1-2H3. The number of halogens is 2. The molecule has 10 heteroatoms. The Kier molecular flexibility index (Phi) is 6.75. The van der Waals surface area contributed by atoms with E-state index < -0.39 is 33.1 Å². The Hall–Kier alpha value is -1.26. The van der Waals surface area contributed by atoms with E-state index in [1.165, 1.54) is 12.1 Å². The summed E-state index contributed by atoms with van der Waals surface area (Å²) in [5, 5.41) is -1.07. The van der Waals surface area contributed by atoms with Crippen molar-refractivity contribution in [3.8, 4) is 0 Å². The second kappa shape index (κ2) is 8.41. The third-order valence-electron chi connectivity index (χ3n) is 3.98. The lowest BCUT2D eigenvalue weighted by molar-refractivity contribution is -0.148. The van der Waals surface area contributed by atoms with Gasteiger partial charge in [0.05, 0.1) is 6.61 Å². The van der Waals surface area contributed by atoms with Crippen molar-refractivity contribution in [1.82, 2.24) is 15.6 Å². The molecular weight excluding hydrogens is 373 g/mol. The van der Waals surface area contributed by atoms with E-state index in [-0.39, 0.29) is 24.2 Å². The number of hydrogen-bond acceptors (Lipinski definition) is 6. The SMILES string of the molecule is CCOC(=O)C1C(CC)NNC1S(=O)(=O)NCc1ccc(F)cc1Cl. The van der Waals surface area contributed by atoms with E-state index in [2.05, 4.69) is 15.6 Å². The Bertz CT molecular complexity index is 731. The number of ether oxygens (including phenoxy) is 1. The van der Waals surface area contributed by atoms with E-state index in [1.807, 2.05) is 6.92 Å². The number of benzene rings is 1. The van der Waals surface area contributed by atoms with Gasteiger partial charge in [-0.1, -0.05) is 24.6 Å². The van der Waals surface area contributed by atoms with Crippen molar-refractivity contribution in [3.63, 3.8) is 0 Å². The predicted molar refractivity (Wildman–Crippen MR) is 91.4 cm³/mol. The summed E-state index contributed by atoms with van der Waals surface area (Å²) in [7, 11) is -3.92. The summed E-state index contributed by atoms with van der Waals surface area (Å²) >= 11 is 5.91. The molecule has 140 valence electrons. The molecule has 2 rings (SSSR count). The molecule has 0 spiro atoms. The molecule has 0 saturated carbocycles. The van der Waals surface area contributed by atoms with Crippen LogP contribution in [0.2, 0.25) is 5.02 Å². The number of sulfonamides is 1. The molecule has 1 fully saturated rings. The number of hydrogen-bond donors (Lipinski definition) is 3. The lowest BCUT2D eigenvalue weighted by Gasteiger charge is -2.21. The molecule has 0 radical (unpaired) electrons. The molecule has 3 N–H and O–H groups in total. The van der Waals surface area contributed by atoms with Crippen molar-refractivity contribution >= 4 is 27.6 Å². The van der Waals surface area contributed by atoms with Gasteiger partial charge in [0, 0.05) is 17.6 Å². The monoisotopic (exact) mass is 393 g/mol. The third-order valence-corrected chi connectivity index (χ3v) is 5.96. The molecule has 0 aliphatic carbocycles. The molecule has 0 aromatic heterocycles. The van der Waals surface area contributed by atoms with Crippen molar-refractivity contribution in [1.29, 1.82) is 0 Å². The first kappa shape index (κ1) is 20.1. The van der Waals surface area contributed by atoms with Crippen LogP contribution in [0.3, 0.4) is 0 Å². The molecule has 1 aliphatic heterocycles. The van der Waals surface area contributed by atoms with Gasteiger partial charge in [-0.05, 0) is 31.0 Å². The lowest BCUT2D eigenvalue weighted by Crippen LogP contribution is -2.47. The average Bonchev–Trinajstić information content (AvgIpc) is 2.99. The molecule has 3 atom stereocenters. The number of carbonyl (C=O) groups is 1. The van der Waals surface area contributed by atoms with Gasteiger partial charge in [-0.3, -0.25) is 10.2 Å². The zero-order chi connectivity index (χ0) is 18.6. The van der Waals surface area contributed by atoms with Gasteiger partial charge in [0.15, 0.2) is 5.37 Å². The van der Waals surface area contributed by atoms with Crippen LogP contribution in [0.15, 0.2) is 18.2 Å². The highest BCUT2D eigenvalue weighted by Gasteiger charge is 2.47. The number of hydrazine groups is 1. The highest BCUT2D eigenvalue weighted by molar-refractivity contribution is 7.90. The summed E-state index contributed by atoms with van der Waals surface area (Å²) in [6, 6.07) is 3.34. The van der Waals surface area contributed by atoms with Crippen LogP contribution >= 0.6 is 11.6 Å². The summed E-state index contributed by atoms with van der Waals surface area (Å²) in [6.07, 6.45) is 0.548. The fraction of sp³-hybridized carbons (Fsp3) is 0.533. The highest BCUT2D eigenvalue weighted by atomic mass is 35.5. The van der Waals surface area contributed by atoms with Gasteiger partial charge >= 0.3 is 5.97 Å². The summed E-state index contributed by atoms with van der Waals surface area (Å²) in [4.78, 5) is 12.2. The minimum absolute atomic E-state index is 0.119. The summed E-state index contributed by atoms with van der Waals surface area (Å²) in [5.41, 5.74) is 5.90. The molecule has 1 aromatic carbocycles. The fourth-order valence-corrected chi connectivity index (χ4v) is 4.35. The minimum atomic E-state index is -3.92. The van der Waals surface area contributed by atoms with E-state index in [4.69, 9.17) is 16.3 Å². The van der Waals surface area contributed by atoms with Crippen LogP contribution in [0.25, 0.3) is 0 Å². The first-order valence-electron chi connectivity index (χ1n) is 7.90.